The number of nitrogens with zero attached hydrogens (tertiary/aromatic N) is 2. The van der Waals surface area contributed by atoms with Crippen LogP contribution >= 0.6 is 0 Å². The van der Waals surface area contributed by atoms with E-state index in [0.717, 1.165) is 12.8 Å². The molecule has 0 aromatic rings. The van der Waals surface area contributed by atoms with Gasteiger partial charge in [-0.15, -0.1) is 0 Å². The molecule has 2 atom stereocenters. The predicted molar refractivity (Wildman–Crippen MR) is 81.2 cm³/mol. The van der Waals surface area contributed by atoms with Gasteiger partial charge in [0.15, 0.2) is 0 Å². The summed E-state index contributed by atoms with van der Waals surface area (Å²) in [5.74, 6) is 0.782. The maximum Gasteiger partial charge on any atom is 0.234 e. The lowest BCUT2D eigenvalue weighted by molar-refractivity contribution is 0.251. The molecule has 1 saturated carbocycles. The molecule has 1 fully saturated rings. The first-order valence-corrected chi connectivity index (χ1v) is 7.87. The van der Waals surface area contributed by atoms with Crippen molar-refractivity contribution < 1.29 is 9.59 Å². The SMILES string of the molecule is CCCCCC.O=C=NCC1CCCCC1CN=C=O. The Morgan fingerprint density at radius 2 is 1.25 bits per heavy atom. The molecule has 4 heteroatoms. The Bertz CT molecular complexity index is 286. The van der Waals surface area contributed by atoms with Gasteiger partial charge in [-0.1, -0.05) is 52.4 Å². The molecule has 1 aliphatic rings. The van der Waals surface area contributed by atoms with Gasteiger partial charge in [0.1, 0.15) is 0 Å². The number of isocyanates is 2. The highest BCUT2D eigenvalue weighted by Crippen LogP contribution is 2.30. The Balaban J connectivity index is 0.000000511. The highest BCUT2D eigenvalue weighted by atomic mass is 16.1. The van der Waals surface area contributed by atoms with E-state index in [-0.39, 0.29) is 0 Å². The molecule has 2 unspecified atom stereocenters. The lowest BCUT2D eigenvalue weighted by Gasteiger charge is -2.28. The second-order valence-corrected chi connectivity index (χ2v) is 5.38. The molecule has 20 heavy (non-hydrogen) atoms. The summed E-state index contributed by atoms with van der Waals surface area (Å²) in [7, 11) is 0. The zero-order valence-electron chi connectivity index (χ0n) is 12.9. The van der Waals surface area contributed by atoms with Crippen LogP contribution in [0.25, 0.3) is 0 Å². The summed E-state index contributed by atoms with van der Waals surface area (Å²) < 4.78 is 0. The summed E-state index contributed by atoms with van der Waals surface area (Å²) in [6, 6.07) is 0. The first kappa shape index (κ1) is 18.8. The third kappa shape index (κ3) is 9.66. The number of hydrogen-bond acceptors (Lipinski definition) is 4. The van der Waals surface area contributed by atoms with Crippen molar-refractivity contribution in [2.24, 2.45) is 21.8 Å². The largest absolute Gasteiger partial charge is 0.234 e. The van der Waals surface area contributed by atoms with E-state index in [4.69, 9.17) is 0 Å². The van der Waals surface area contributed by atoms with Crippen molar-refractivity contribution in [3.05, 3.63) is 0 Å². The van der Waals surface area contributed by atoms with Crippen LogP contribution in [0.4, 0.5) is 0 Å². The molecule has 0 spiro atoms. The van der Waals surface area contributed by atoms with E-state index in [2.05, 4.69) is 23.8 Å². The van der Waals surface area contributed by atoms with Crippen molar-refractivity contribution in [1.82, 2.24) is 0 Å². The van der Waals surface area contributed by atoms with Gasteiger partial charge in [-0.2, -0.15) is 0 Å². The van der Waals surface area contributed by atoms with E-state index >= 15 is 0 Å². The molecule has 0 radical (unpaired) electrons. The molecule has 0 aliphatic heterocycles. The molecule has 1 aliphatic carbocycles. The quantitative estimate of drug-likeness (QED) is 0.401. The van der Waals surface area contributed by atoms with Crippen molar-refractivity contribution in [1.29, 1.82) is 0 Å². The zero-order chi connectivity index (χ0) is 15.1. The van der Waals surface area contributed by atoms with Crippen molar-refractivity contribution in [3.63, 3.8) is 0 Å². The van der Waals surface area contributed by atoms with Gasteiger partial charge >= 0.3 is 0 Å². The Morgan fingerprint density at radius 1 is 0.850 bits per heavy atom. The molecule has 0 amide bonds. The predicted octanol–water partition coefficient (Wildman–Crippen LogP) is 4.05. The molecule has 0 aromatic heterocycles. The van der Waals surface area contributed by atoms with Gasteiger partial charge in [-0.3, -0.25) is 0 Å². The summed E-state index contributed by atoms with van der Waals surface area (Å²) >= 11 is 0. The molecular weight excluding hydrogens is 252 g/mol. The minimum Gasteiger partial charge on any atom is -0.211 e. The van der Waals surface area contributed by atoms with Gasteiger partial charge in [0.05, 0.1) is 13.1 Å². The van der Waals surface area contributed by atoms with Gasteiger partial charge in [0, 0.05) is 0 Å². The van der Waals surface area contributed by atoms with Crippen LogP contribution in [0.3, 0.4) is 0 Å². The van der Waals surface area contributed by atoms with Crippen LogP contribution in [0.1, 0.15) is 65.2 Å². The van der Waals surface area contributed by atoms with Crippen LogP contribution in [-0.4, -0.2) is 25.2 Å². The fraction of sp³-hybridized carbons (Fsp3) is 0.875. The van der Waals surface area contributed by atoms with E-state index in [1.54, 1.807) is 12.2 Å². The lowest BCUT2D eigenvalue weighted by Crippen LogP contribution is -2.24. The van der Waals surface area contributed by atoms with Gasteiger partial charge in [0.25, 0.3) is 0 Å². The normalized spacial score (nSPS) is 20.9. The van der Waals surface area contributed by atoms with Crippen LogP contribution in [0.5, 0.6) is 0 Å². The Kier molecular flexibility index (Phi) is 13.3. The second kappa shape index (κ2) is 14.2. The fourth-order valence-electron chi connectivity index (χ4n) is 2.57. The Morgan fingerprint density at radius 3 is 1.55 bits per heavy atom. The topological polar surface area (TPSA) is 58.9 Å². The third-order valence-corrected chi connectivity index (χ3v) is 3.80. The molecule has 0 saturated heterocycles. The smallest absolute Gasteiger partial charge is 0.211 e. The van der Waals surface area contributed by atoms with Crippen molar-refractivity contribution in [2.75, 3.05) is 13.1 Å². The summed E-state index contributed by atoms with van der Waals surface area (Å²) in [5.41, 5.74) is 0. The van der Waals surface area contributed by atoms with Gasteiger partial charge in [-0.25, -0.2) is 19.6 Å². The molecule has 0 N–H and O–H groups in total. The first-order chi connectivity index (χ1) is 9.79. The second-order valence-electron chi connectivity index (χ2n) is 5.38. The van der Waals surface area contributed by atoms with Crippen LogP contribution in [-0.2, 0) is 9.59 Å². The van der Waals surface area contributed by atoms with E-state index in [1.165, 1.54) is 38.5 Å². The number of aliphatic imine (C=N–C) groups is 2. The van der Waals surface area contributed by atoms with Crippen LogP contribution in [0.2, 0.25) is 0 Å². The fourth-order valence-corrected chi connectivity index (χ4v) is 2.57. The molecule has 114 valence electrons. The van der Waals surface area contributed by atoms with Crippen LogP contribution < -0.4 is 0 Å². The van der Waals surface area contributed by atoms with Crippen molar-refractivity contribution >= 4 is 12.2 Å². The highest BCUT2D eigenvalue weighted by molar-refractivity contribution is 5.33. The van der Waals surface area contributed by atoms with Gasteiger partial charge in [0.2, 0.25) is 12.2 Å². The van der Waals surface area contributed by atoms with E-state index in [1.807, 2.05) is 0 Å². The summed E-state index contributed by atoms with van der Waals surface area (Å²) in [6.45, 7) is 5.52. The molecule has 0 heterocycles. The van der Waals surface area contributed by atoms with Gasteiger partial charge in [-0.05, 0) is 24.7 Å². The monoisotopic (exact) mass is 280 g/mol. The van der Waals surface area contributed by atoms with E-state index < -0.39 is 0 Å². The first-order valence-electron chi connectivity index (χ1n) is 7.87. The molecule has 1 rings (SSSR count). The zero-order valence-corrected chi connectivity index (χ0v) is 12.9. The average molecular weight is 280 g/mol. The Labute approximate surface area is 122 Å². The van der Waals surface area contributed by atoms with Crippen molar-refractivity contribution in [3.8, 4) is 0 Å². The standard InChI is InChI=1S/C10H14N2O2.C6H14/c13-7-11-5-9-3-1-2-4-10(9)6-12-8-14;1-3-5-6-4-2/h9-10H,1-6H2;3-6H2,1-2H3. The number of hydrogen-bond donors (Lipinski definition) is 0. The number of carbonyl (C=O) groups excluding carboxylic acids is 2. The third-order valence-electron chi connectivity index (χ3n) is 3.80. The molecule has 0 bridgehead atoms. The number of unbranched alkanes of at least 4 members (excludes halogenated alkanes) is 3. The maximum atomic E-state index is 9.99. The van der Waals surface area contributed by atoms with Crippen LogP contribution in [0, 0.1) is 11.8 Å². The number of rotatable bonds is 7. The van der Waals surface area contributed by atoms with Gasteiger partial charge < -0.3 is 0 Å². The minimum absolute atomic E-state index is 0.391. The molecule has 4 nitrogen and oxygen atoms in total. The lowest BCUT2D eigenvalue weighted by atomic mass is 9.79. The van der Waals surface area contributed by atoms with E-state index in [9.17, 15) is 9.59 Å². The van der Waals surface area contributed by atoms with E-state index in [0.29, 0.717) is 24.9 Å². The highest BCUT2D eigenvalue weighted by Gasteiger charge is 2.24. The Hall–Kier alpha value is -1.24. The summed E-state index contributed by atoms with van der Waals surface area (Å²) in [6.07, 6.45) is 13.2. The maximum absolute atomic E-state index is 9.99. The average Bonchev–Trinajstić information content (AvgIpc) is 2.50. The summed E-state index contributed by atoms with van der Waals surface area (Å²) in [4.78, 5) is 27.2. The minimum atomic E-state index is 0.391. The van der Waals surface area contributed by atoms with Crippen molar-refractivity contribution in [2.45, 2.75) is 65.2 Å². The molecule has 0 aromatic carbocycles. The van der Waals surface area contributed by atoms with Crippen LogP contribution in [0.15, 0.2) is 9.98 Å². The molecular formula is C16H28N2O2. The summed E-state index contributed by atoms with van der Waals surface area (Å²) in [5, 5.41) is 0.